The lowest BCUT2D eigenvalue weighted by Crippen LogP contribution is -2.58. The van der Waals surface area contributed by atoms with Crippen molar-refractivity contribution >= 4 is 11.8 Å². The Hall–Kier alpha value is -1.55. The van der Waals surface area contributed by atoms with E-state index in [0.29, 0.717) is 36.5 Å². The highest BCUT2D eigenvalue weighted by Crippen LogP contribution is 2.66. The summed E-state index contributed by atoms with van der Waals surface area (Å²) in [6, 6.07) is -0.212. The molecule has 0 N–H and O–H groups in total. The maximum Gasteiger partial charge on any atom is 0.302 e. The second-order valence-electron chi connectivity index (χ2n) is 9.90. The van der Waals surface area contributed by atoms with Crippen molar-refractivity contribution in [1.29, 1.82) is 0 Å². The number of azide groups is 1. The van der Waals surface area contributed by atoms with Crippen molar-refractivity contribution in [2.24, 2.45) is 39.6 Å². The smallest absolute Gasteiger partial charge is 0.302 e. The van der Waals surface area contributed by atoms with Gasteiger partial charge in [-0.25, -0.2) is 0 Å². The van der Waals surface area contributed by atoms with Crippen LogP contribution >= 0.6 is 0 Å². The zero-order chi connectivity index (χ0) is 19.4. The largest absolute Gasteiger partial charge is 0.462 e. The molecule has 6 nitrogen and oxygen atoms in total. The fourth-order valence-corrected chi connectivity index (χ4v) is 7.68. The van der Waals surface area contributed by atoms with Crippen molar-refractivity contribution in [3.8, 4) is 0 Å². The molecular weight excluding hydrogens is 342 g/mol. The molecule has 4 rings (SSSR count). The molecule has 148 valence electrons. The van der Waals surface area contributed by atoms with Crippen LogP contribution in [0.2, 0.25) is 0 Å². The van der Waals surface area contributed by atoms with Crippen molar-refractivity contribution in [1.82, 2.24) is 0 Å². The molecule has 4 fully saturated rings. The molecule has 0 aliphatic heterocycles. The van der Waals surface area contributed by atoms with Gasteiger partial charge in [0.05, 0.1) is 6.04 Å². The molecule has 0 saturated heterocycles. The van der Waals surface area contributed by atoms with Crippen LogP contribution < -0.4 is 0 Å². The topological polar surface area (TPSA) is 92.1 Å². The van der Waals surface area contributed by atoms with Gasteiger partial charge in [0, 0.05) is 30.1 Å². The van der Waals surface area contributed by atoms with Gasteiger partial charge in [-0.15, -0.1) is 0 Å². The fourth-order valence-electron chi connectivity index (χ4n) is 7.68. The van der Waals surface area contributed by atoms with E-state index < -0.39 is 0 Å². The van der Waals surface area contributed by atoms with E-state index in [1.54, 1.807) is 0 Å². The van der Waals surface area contributed by atoms with Crippen LogP contribution in [0, 0.1) is 34.5 Å². The zero-order valence-corrected chi connectivity index (χ0v) is 16.7. The Morgan fingerprint density at radius 1 is 1.15 bits per heavy atom. The van der Waals surface area contributed by atoms with Crippen molar-refractivity contribution in [2.75, 3.05) is 0 Å². The van der Waals surface area contributed by atoms with E-state index in [0.717, 1.165) is 38.5 Å². The van der Waals surface area contributed by atoms with Gasteiger partial charge in [-0.3, -0.25) is 9.59 Å². The van der Waals surface area contributed by atoms with Crippen molar-refractivity contribution in [2.45, 2.75) is 84.3 Å². The van der Waals surface area contributed by atoms with Crippen LogP contribution in [-0.4, -0.2) is 23.9 Å². The van der Waals surface area contributed by atoms with Crippen LogP contribution in [0.5, 0.6) is 0 Å². The second kappa shape index (κ2) is 6.51. The minimum absolute atomic E-state index is 0.0346. The number of Topliss-reactive ketones (excluding diaryl/α,β-unsaturated/α-hetero) is 1. The molecule has 6 heteroatoms. The van der Waals surface area contributed by atoms with E-state index >= 15 is 0 Å². The number of ketones is 1. The third-order valence-corrected chi connectivity index (χ3v) is 8.99. The summed E-state index contributed by atoms with van der Waals surface area (Å²) in [6.07, 6.45) is 7.48. The SMILES string of the molecule is CC(=O)O[C@H]1CC[C@H]2[C@@H]3CC[C@H]4CC(=O)C[C@H](N=[N+]=[N-])[C@]4(C)[C@H]3CC[C@]12C. The van der Waals surface area contributed by atoms with Gasteiger partial charge >= 0.3 is 5.97 Å². The highest BCUT2D eigenvalue weighted by atomic mass is 16.5. The van der Waals surface area contributed by atoms with Gasteiger partial charge in [0.2, 0.25) is 0 Å². The van der Waals surface area contributed by atoms with Crippen LogP contribution in [0.4, 0.5) is 0 Å². The van der Waals surface area contributed by atoms with E-state index in [9.17, 15) is 9.59 Å². The van der Waals surface area contributed by atoms with Gasteiger partial charge in [-0.1, -0.05) is 19.0 Å². The average Bonchev–Trinajstić information content (AvgIpc) is 2.92. The molecule has 0 aromatic heterocycles. The molecule has 0 radical (unpaired) electrons. The Labute approximate surface area is 161 Å². The molecule has 0 heterocycles. The number of esters is 1. The molecule has 0 unspecified atom stereocenters. The summed E-state index contributed by atoms with van der Waals surface area (Å²) in [5.41, 5.74) is 9.10. The summed E-state index contributed by atoms with van der Waals surface area (Å²) in [6.45, 7) is 6.12. The number of ether oxygens (including phenoxy) is 1. The molecule has 4 saturated carbocycles. The fraction of sp³-hybridized carbons (Fsp3) is 0.905. The number of rotatable bonds is 2. The maximum absolute atomic E-state index is 12.3. The predicted molar refractivity (Wildman–Crippen MR) is 101 cm³/mol. The number of nitrogens with zero attached hydrogens (tertiary/aromatic N) is 3. The molecule has 8 atom stereocenters. The molecule has 0 spiro atoms. The molecule has 0 aromatic carbocycles. The minimum atomic E-state index is -0.212. The summed E-state index contributed by atoms with van der Waals surface area (Å²) in [7, 11) is 0. The van der Waals surface area contributed by atoms with Gasteiger partial charge in [-0.2, -0.15) is 0 Å². The van der Waals surface area contributed by atoms with Crippen LogP contribution in [0.1, 0.15) is 72.1 Å². The van der Waals surface area contributed by atoms with E-state index in [-0.39, 0.29) is 34.7 Å². The lowest BCUT2D eigenvalue weighted by Gasteiger charge is -2.61. The molecule has 0 amide bonds. The lowest BCUT2D eigenvalue weighted by atomic mass is 9.44. The number of carbonyl (C=O) groups is 2. The first kappa shape index (κ1) is 18.8. The van der Waals surface area contributed by atoms with Crippen molar-refractivity contribution in [3.63, 3.8) is 0 Å². The Kier molecular flexibility index (Phi) is 4.53. The molecule has 0 aromatic rings. The number of hydrogen-bond acceptors (Lipinski definition) is 4. The van der Waals surface area contributed by atoms with Gasteiger partial charge in [-0.05, 0) is 73.1 Å². The summed E-state index contributed by atoms with van der Waals surface area (Å²) in [4.78, 5) is 26.9. The summed E-state index contributed by atoms with van der Waals surface area (Å²) < 4.78 is 5.72. The lowest BCUT2D eigenvalue weighted by molar-refractivity contribution is -0.163. The van der Waals surface area contributed by atoms with Gasteiger partial charge < -0.3 is 4.74 Å². The average molecular weight is 373 g/mol. The summed E-state index contributed by atoms with van der Waals surface area (Å²) in [5, 5.41) is 4.13. The molecule has 27 heavy (non-hydrogen) atoms. The minimum Gasteiger partial charge on any atom is -0.462 e. The van der Waals surface area contributed by atoms with Crippen LogP contribution in [-0.2, 0) is 14.3 Å². The van der Waals surface area contributed by atoms with E-state index in [1.165, 1.54) is 6.92 Å². The Morgan fingerprint density at radius 2 is 1.93 bits per heavy atom. The third kappa shape index (κ3) is 2.71. The second-order valence-corrected chi connectivity index (χ2v) is 9.90. The van der Waals surface area contributed by atoms with E-state index in [2.05, 4.69) is 23.9 Å². The number of fused-ring (bicyclic) bond motifs is 5. The highest BCUT2D eigenvalue weighted by Gasteiger charge is 2.62. The molecular formula is C21H31N3O3. The van der Waals surface area contributed by atoms with Crippen molar-refractivity contribution < 1.29 is 14.3 Å². The normalized spacial score (nSPS) is 48.6. The first-order valence-corrected chi connectivity index (χ1v) is 10.5. The number of carbonyl (C=O) groups excluding carboxylic acids is 2. The highest BCUT2D eigenvalue weighted by molar-refractivity contribution is 5.80. The number of hydrogen-bond donors (Lipinski definition) is 0. The van der Waals surface area contributed by atoms with Gasteiger partial charge in [0.15, 0.2) is 0 Å². The Bertz CT molecular complexity index is 703. The Morgan fingerprint density at radius 3 is 2.63 bits per heavy atom. The quantitative estimate of drug-likeness (QED) is 0.301. The van der Waals surface area contributed by atoms with Gasteiger partial charge in [0.25, 0.3) is 0 Å². The van der Waals surface area contributed by atoms with Crippen molar-refractivity contribution in [3.05, 3.63) is 10.4 Å². The Balaban J connectivity index is 1.65. The zero-order valence-electron chi connectivity index (χ0n) is 16.7. The molecule has 4 aliphatic rings. The molecule has 0 bridgehead atoms. The standard InChI is InChI=1S/C21H31N3O3/c1-12(25)27-19-7-6-16-15-5-4-13-10-14(26)11-18(23-24-22)21(13,3)17(15)8-9-20(16,19)2/h13,15-19H,4-11H2,1-3H3/t13-,15-,16-,17-,18-,19-,20-,21-/m0/s1. The first-order valence-electron chi connectivity index (χ1n) is 10.5. The summed E-state index contributed by atoms with van der Waals surface area (Å²) in [5.74, 6) is 2.05. The van der Waals surface area contributed by atoms with Crippen LogP contribution in [0.3, 0.4) is 0 Å². The van der Waals surface area contributed by atoms with Crippen LogP contribution in [0.15, 0.2) is 5.11 Å². The van der Waals surface area contributed by atoms with E-state index in [1.807, 2.05) is 0 Å². The van der Waals surface area contributed by atoms with Gasteiger partial charge in [0.1, 0.15) is 11.9 Å². The predicted octanol–water partition coefficient (Wildman–Crippen LogP) is 4.82. The first-order chi connectivity index (χ1) is 12.8. The maximum atomic E-state index is 12.3. The summed E-state index contributed by atoms with van der Waals surface area (Å²) >= 11 is 0. The van der Waals surface area contributed by atoms with E-state index in [4.69, 9.17) is 10.3 Å². The molecule has 4 aliphatic carbocycles. The monoisotopic (exact) mass is 373 g/mol. The third-order valence-electron chi connectivity index (χ3n) is 8.99. The van der Waals surface area contributed by atoms with Crippen LogP contribution in [0.25, 0.3) is 10.4 Å².